The molecule has 0 saturated heterocycles. The number of pyridine rings is 1. The van der Waals surface area contributed by atoms with Gasteiger partial charge in [-0.05, 0) is 25.8 Å². The van der Waals surface area contributed by atoms with Crippen molar-refractivity contribution in [1.29, 1.82) is 0 Å². The zero-order valence-corrected chi connectivity index (χ0v) is 12.4. The average Bonchev–Trinajstić information content (AvgIpc) is 3.10. The number of aliphatic imine (C=N–C) groups is 1. The van der Waals surface area contributed by atoms with Gasteiger partial charge in [-0.15, -0.1) is 0 Å². The van der Waals surface area contributed by atoms with Crippen LogP contribution in [0.5, 0.6) is 0 Å². The van der Waals surface area contributed by atoms with Crippen LogP contribution in [0.4, 0.5) is 0 Å². The van der Waals surface area contributed by atoms with E-state index in [-0.39, 0.29) is 5.91 Å². The first-order valence-electron chi connectivity index (χ1n) is 6.98. The molecule has 21 heavy (non-hydrogen) atoms. The Bertz CT molecular complexity index is 764. The van der Waals surface area contributed by atoms with E-state index in [4.69, 9.17) is 4.52 Å². The molecule has 108 valence electrons. The van der Waals surface area contributed by atoms with Gasteiger partial charge in [0.1, 0.15) is 0 Å². The van der Waals surface area contributed by atoms with E-state index in [2.05, 4.69) is 20.4 Å². The minimum Gasteiger partial charge on any atom is -0.336 e. The van der Waals surface area contributed by atoms with E-state index in [1.165, 1.54) is 0 Å². The molecule has 1 fully saturated rings. The van der Waals surface area contributed by atoms with Crippen LogP contribution in [0.25, 0.3) is 11.1 Å². The lowest BCUT2D eigenvalue weighted by Crippen LogP contribution is -2.27. The Hall–Kier alpha value is -1.89. The molecule has 1 aliphatic heterocycles. The van der Waals surface area contributed by atoms with E-state index in [0.717, 1.165) is 30.8 Å². The molecule has 7 heteroatoms. The van der Waals surface area contributed by atoms with Gasteiger partial charge in [0, 0.05) is 17.4 Å². The lowest BCUT2D eigenvalue weighted by molar-refractivity contribution is 0.0979. The minimum atomic E-state index is -0.163. The first kappa shape index (κ1) is 12.8. The summed E-state index contributed by atoms with van der Waals surface area (Å²) in [6.07, 6.45) is 2.24. The average molecular weight is 302 g/mol. The first-order chi connectivity index (χ1) is 10.2. The lowest BCUT2D eigenvalue weighted by Gasteiger charge is -2.07. The van der Waals surface area contributed by atoms with E-state index in [1.807, 2.05) is 13.0 Å². The predicted octanol–water partition coefficient (Wildman–Crippen LogP) is 2.24. The summed E-state index contributed by atoms with van der Waals surface area (Å²) in [7, 11) is 0. The topological polar surface area (TPSA) is 80.4 Å². The number of fused-ring (bicyclic) bond motifs is 1. The predicted molar refractivity (Wildman–Crippen MR) is 80.7 cm³/mol. The molecule has 0 radical (unpaired) electrons. The van der Waals surface area contributed by atoms with Crippen LogP contribution in [-0.4, -0.2) is 33.5 Å². The van der Waals surface area contributed by atoms with Crippen molar-refractivity contribution in [3.63, 3.8) is 0 Å². The van der Waals surface area contributed by atoms with Gasteiger partial charge in [0.25, 0.3) is 11.6 Å². The van der Waals surface area contributed by atoms with Crippen molar-refractivity contribution in [1.82, 2.24) is 15.5 Å². The maximum absolute atomic E-state index is 12.6. The van der Waals surface area contributed by atoms with Crippen LogP contribution < -0.4 is 5.32 Å². The Morgan fingerprint density at radius 2 is 2.33 bits per heavy atom. The Labute approximate surface area is 125 Å². The van der Waals surface area contributed by atoms with Gasteiger partial charge in [0.05, 0.1) is 23.2 Å². The number of nitrogens with zero attached hydrogens (tertiary/aromatic N) is 3. The Morgan fingerprint density at radius 3 is 3.05 bits per heavy atom. The fourth-order valence-corrected chi connectivity index (χ4v) is 3.18. The summed E-state index contributed by atoms with van der Waals surface area (Å²) in [5, 5.41) is 8.19. The van der Waals surface area contributed by atoms with Gasteiger partial charge < -0.3 is 9.84 Å². The molecule has 2 aromatic heterocycles. The summed E-state index contributed by atoms with van der Waals surface area (Å²) < 4.78 is 5.25. The number of amides is 1. The third-order valence-electron chi connectivity index (χ3n) is 3.68. The highest BCUT2D eigenvalue weighted by Crippen LogP contribution is 2.40. The Kier molecular flexibility index (Phi) is 2.95. The third-order valence-corrected chi connectivity index (χ3v) is 4.57. The van der Waals surface area contributed by atoms with Crippen molar-refractivity contribution in [3.05, 3.63) is 23.0 Å². The van der Waals surface area contributed by atoms with Gasteiger partial charge in [0.2, 0.25) is 0 Å². The van der Waals surface area contributed by atoms with E-state index < -0.39 is 0 Å². The standard InChI is InChI=1S/C14H14N4O2S/c1-7-11-9(12(19)17-14-15-4-5-21-14)6-10(8-2-3-8)16-13(11)20-18-7/h6,8H,2-5H2,1H3,(H,15,17,19). The number of aryl methyl sites for hydroxylation is 1. The first-order valence-corrected chi connectivity index (χ1v) is 7.96. The number of hydrogen-bond donors (Lipinski definition) is 1. The van der Waals surface area contributed by atoms with Gasteiger partial charge in [0.15, 0.2) is 5.17 Å². The summed E-state index contributed by atoms with van der Waals surface area (Å²) in [5.41, 5.74) is 2.63. The zero-order chi connectivity index (χ0) is 14.4. The van der Waals surface area contributed by atoms with Crippen LogP contribution in [0, 0.1) is 6.92 Å². The van der Waals surface area contributed by atoms with Gasteiger partial charge in [-0.3, -0.25) is 9.79 Å². The maximum Gasteiger partial charge on any atom is 0.259 e. The number of nitrogens with one attached hydrogen (secondary N) is 1. The second-order valence-electron chi connectivity index (χ2n) is 5.31. The summed E-state index contributed by atoms with van der Waals surface area (Å²) in [5.74, 6) is 1.20. The molecule has 0 spiro atoms. The highest BCUT2D eigenvalue weighted by atomic mass is 32.2. The second kappa shape index (κ2) is 4.84. The summed E-state index contributed by atoms with van der Waals surface area (Å²) in [6.45, 7) is 2.58. The summed E-state index contributed by atoms with van der Waals surface area (Å²) in [4.78, 5) is 21.3. The number of aromatic nitrogens is 2. The quantitative estimate of drug-likeness (QED) is 0.920. The van der Waals surface area contributed by atoms with Crippen LogP contribution in [0.2, 0.25) is 0 Å². The van der Waals surface area contributed by atoms with Crippen molar-refractivity contribution < 1.29 is 9.32 Å². The lowest BCUT2D eigenvalue weighted by atomic mass is 10.1. The van der Waals surface area contributed by atoms with Crippen LogP contribution >= 0.6 is 11.8 Å². The van der Waals surface area contributed by atoms with E-state index in [9.17, 15) is 4.79 Å². The zero-order valence-electron chi connectivity index (χ0n) is 11.5. The fourth-order valence-electron chi connectivity index (χ4n) is 2.46. The van der Waals surface area contributed by atoms with Crippen LogP contribution in [0.15, 0.2) is 15.6 Å². The van der Waals surface area contributed by atoms with Crippen molar-refractivity contribution >= 4 is 33.9 Å². The molecular weight excluding hydrogens is 288 g/mol. The highest BCUT2D eigenvalue weighted by molar-refractivity contribution is 8.14. The molecule has 1 aliphatic carbocycles. The molecule has 0 atom stereocenters. The Morgan fingerprint density at radius 1 is 1.48 bits per heavy atom. The Balaban J connectivity index is 1.77. The molecule has 3 heterocycles. The van der Waals surface area contributed by atoms with Gasteiger partial charge in [-0.25, -0.2) is 4.98 Å². The second-order valence-corrected chi connectivity index (χ2v) is 6.39. The summed E-state index contributed by atoms with van der Waals surface area (Å²) >= 11 is 1.56. The number of carbonyl (C=O) groups excluding carboxylic acids is 1. The van der Waals surface area contributed by atoms with Gasteiger partial charge >= 0.3 is 0 Å². The molecule has 0 aromatic carbocycles. The normalized spacial score (nSPS) is 18.0. The van der Waals surface area contributed by atoms with Crippen LogP contribution in [-0.2, 0) is 0 Å². The van der Waals surface area contributed by atoms with Gasteiger partial charge in [-0.2, -0.15) is 0 Å². The van der Waals surface area contributed by atoms with Crippen molar-refractivity contribution in [3.8, 4) is 0 Å². The maximum atomic E-state index is 12.6. The van der Waals surface area contributed by atoms with Crippen LogP contribution in [0.1, 0.15) is 40.5 Å². The van der Waals surface area contributed by atoms with E-state index in [1.54, 1.807) is 11.8 Å². The molecule has 2 aromatic rings. The number of thioether (sulfide) groups is 1. The molecule has 4 rings (SSSR count). The monoisotopic (exact) mass is 302 g/mol. The molecule has 0 unspecified atom stereocenters. The van der Waals surface area contributed by atoms with Gasteiger partial charge in [-0.1, -0.05) is 16.9 Å². The molecule has 1 N–H and O–H groups in total. The van der Waals surface area contributed by atoms with Crippen LogP contribution in [0.3, 0.4) is 0 Å². The van der Waals surface area contributed by atoms with Crippen molar-refractivity contribution in [2.24, 2.45) is 4.99 Å². The molecular formula is C14H14N4O2S. The molecule has 0 bridgehead atoms. The number of amidine groups is 1. The molecule has 1 amide bonds. The SMILES string of the molecule is Cc1noc2nc(C3CC3)cc(C(=O)NC3=NCCS3)c12. The highest BCUT2D eigenvalue weighted by Gasteiger charge is 2.29. The number of carbonyl (C=O) groups is 1. The van der Waals surface area contributed by atoms with Crippen molar-refractivity contribution in [2.75, 3.05) is 12.3 Å². The number of rotatable bonds is 2. The number of hydrogen-bond acceptors (Lipinski definition) is 6. The molecule has 6 nitrogen and oxygen atoms in total. The molecule has 2 aliphatic rings. The largest absolute Gasteiger partial charge is 0.336 e. The fraction of sp³-hybridized carbons (Fsp3) is 0.429. The van der Waals surface area contributed by atoms with E-state index in [0.29, 0.717) is 33.4 Å². The third kappa shape index (κ3) is 2.31. The smallest absolute Gasteiger partial charge is 0.259 e. The van der Waals surface area contributed by atoms with Crippen molar-refractivity contribution in [2.45, 2.75) is 25.7 Å². The minimum absolute atomic E-state index is 0.163. The summed E-state index contributed by atoms with van der Waals surface area (Å²) in [6, 6.07) is 1.87. The van der Waals surface area contributed by atoms with E-state index >= 15 is 0 Å². The molecule has 1 saturated carbocycles.